The molecule has 172 valence electrons. The summed E-state index contributed by atoms with van der Waals surface area (Å²) in [6.45, 7) is 6.79. The van der Waals surface area contributed by atoms with Gasteiger partial charge in [-0.1, -0.05) is 87.5 Å². The summed E-state index contributed by atoms with van der Waals surface area (Å²) in [4.78, 5) is 11.8. The van der Waals surface area contributed by atoms with Gasteiger partial charge in [-0.05, 0) is 57.9 Å². The Labute approximate surface area is 197 Å². The molecule has 0 bridgehead atoms. The smallest absolute Gasteiger partial charge is 0.508 e. The van der Waals surface area contributed by atoms with E-state index in [9.17, 15) is 4.79 Å². The molecule has 0 N–H and O–H groups in total. The molecule has 3 aromatic rings. The SMILES string of the molecule is COC(=O)OC1CCCc2ccc(O[Si](c3ccccc3)(c3ccccc3)C(C)(C)C)cc21. The van der Waals surface area contributed by atoms with Gasteiger partial charge in [-0.3, -0.25) is 0 Å². The highest BCUT2D eigenvalue weighted by atomic mass is 28.4. The van der Waals surface area contributed by atoms with E-state index in [1.165, 1.54) is 23.0 Å². The van der Waals surface area contributed by atoms with Crippen molar-refractivity contribution in [3.8, 4) is 5.75 Å². The minimum absolute atomic E-state index is 0.131. The minimum atomic E-state index is -2.73. The molecule has 1 aliphatic rings. The molecule has 0 radical (unpaired) electrons. The van der Waals surface area contributed by atoms with Crippen LogP contribution in [0.15, 0.2) is 78.9 Å². The van der Waals surface area contributed by atoms with E-state index in [0.29, 0.717) is 0 Å². The van der Waals surface area contributed by atoms with Gasteiger partial charge in [-0.15, -0.1) is 0 Å². The van der Waals surface area contributed by atoms with Gasteiger partial charge in [-0.2, -0.15) is 0 Å². The van der Waals surface area contributed by atoms with Crippen molar-refractivity contribution in [2.24, 2.45) is 0 Å². The zero-order valence-electron chi connectivity index (χ0n) is 19.8. The predicted molar refractivity (Wildman–Crippen MR) is 134 cm³/mol. The fraction of sp³-hybridized carbons (Fsp3) is 0.321. The maximum absolute atomic E-state index is 11.8. The molecule has 4 rings (SSSR count). The maximum atomic E-state index is 11.8. The van der Waals surface area contributed by atoms with E-state index in [0.717, 1.165) is 30.6 Å². The average molecular weight is 461 g/mol. The first-order valence-electron chi connectivity index (χ1n) is 11.5. The summed E-state index contributed by atoms with van der Waals surface area (Å²) >= 11 is 0. The van der Waals surface area contributed by atoms with Crippen molar-refractivity contribution >= 4 is 24.8 Å². The molecule has 0 aromatic heterocycles. The largest absolute Gasteiger partial charge is 0.534 e. The molecular formula is C28H32O4Si. The van der Waals surface area contributed by atoms with Crippen molar-refractivity contribution in [3.63, 3.8) is 0 Å². The van der Waals surface area contributed by atoms with Crippen molar-refractivity contribution in [2.75, 3.05) is 7.11 Å². The Morgan fingerprint density at radius 2 is 1.52 bits per heavy atom. The zero-order valence-corrected chi connectivity index (χ0v) is 20.8. The van der Waals surface area contributed by atoms with Gasteiger partial charge in [0, 0.05) is 0 Å². The number of hydrogen-bond donors (Lipinski definition) is 0. The third-order valence-corrected chi connectivity index (χ3v) is 11.4. The molecule has 0 fully saturated rings. The Morgan fingerprint density at radius 3 is 2.06 bits per heavy atom. The van der Waals surface area contributed by atoms with Crippen molar-refractivity contribution in [1.29, 1.82) is 0 Å². The van der Waals surface area contributed by atoms with Crippen molar-refractivity contribution in [1.82, 2.24) is 0 Å². The predicted octanol–water partition coefficient (Wildman–Crippen LogP) is 5.79. The Balaban J connectivity index is 1.83. The first kappa shape index (κ1) is 23.1. The lowest BCUT2D eigenvalue weighted by Gasteiger charge is -2.43. The van der Waals surface area contributed by atoms with Gasteiger partial charge in [0.1, 0.15) is 11.9 Å². The van der Waals surface area contributed by atoms with Gasteiger partial charge in [0.05, 0.1) is 7.11 Å². The second-order valence-corrected chi connectivity index (χ2v) is 13.8. The van der Waals surface area contributed by atoms with Gasteiger partial charge in [-0.25, -0.2) is 4.79 Å². The summed E-state index contributed by atoms with van der Waals surface area (Å²) in [6.07, 6.45) is 1.76. The number of fused-ring (bicyclic) bond motifs is 1. The molecular weight excluding hydrogens is 428 g/mol. The number of rotatable bonds is 5. The van der Waals surface area contributed by atoms with Crippen molar-refractivity contribution in [2.45, 2.75) is 51.2 Å². The molecule has 0 saturated carbocycles. The molecule has 4 nitrogen and oxygen atoms in total. The number of methoxy groups -OCH3 is 1. The third kappa shape index (κ3) is 4.55. The lowest BCUT2D eigenvalue weighted by Crippen LogP contribution is -2.68. The summed E-state index contributed by atoms with van der Waals surface area (Å²) in [5, 5.41) is 2.32. The van der Waals surface area contributed by atoms with E-state index in [4.69, 9.17) is 13.9 Å². The number of benzene rings is 3. The molecule has 0 heterocycles. The Bertz CT molecular complexity index is 1050. The number of ether oxygens (including phenoxy) is 2. The molecule has 3 aromatic carbocycles. The quantitative estimate of drug-likeness (QED) is 0.357. The monoisotopic (exact) mass is 460 g/mol. The van der Waals surface area contributed by atoms with E-state index < -0.39 is 14.5 Å². The topological polar surface area (TPSA) is 44.8 Å². The summed E-state index contributed by atoms with van der Waals surface area (Å²) in [5.74, 6) is 0.809. The van der Waals surface area contributed by atoms with Gasteiger partial charge >= 0.3 is 14.5 Å². The second-order valence-electron chi connectivity index (χ2n) is 9.58. The van der Waals surface area contributed by atoms with Crippen LogP contribution in [0.4, 0.5) is 4.79 Å². The third-order valence-electron chi connectivity index (χ3n) is 6.47. The molecule has 1 unspecified atom stereocenters. The molecule has 5 heteroatoms. The maximum Gasteiger partial charge on any atom is 0.508 e. The standard InChI is InChI=1S/C28H32O4Si/c1-28(2,3)33(23-13-7-5-8-14-23,24-15-9-6-10-16-24)32-22-19-18-21-12-11-17-26(25(21)20-22)31-27(29)30-4/h5-10,13-16,18-20,26H,11-12,17H2,1-4H3. The van der Waals surface area contributed by atoms with Crippen LogP contribution in [-0.4, -0.2) is 21.6 Å². The highest BCUT2D eigenvalue weighted by Gasteiger charge is 2.52. The lowest BCUT2D eigenvalue weighted by molar-refractivity contribution is 0.0299. The lowest BCUT2D eigenvalue weighted by atomic mass is 9.89. The first-order chi connectivity index (χ1) is 15.8. The van der Waals surface area contributed by atoms with Crippen LogP contribution >= 0.6 is 0 Å². The van der Waals surface area contributed by atoms with Crippen LogP contribution in [0.5, 0.6) is 5.75 Å². The van der Waals surface area contributed by atoms with Crippen LogP contribution in [0.2, 0.25) is 5.04 Å². The van der Waals surface area contributed by atoms with Crippen LogP contribution in [0.1, 0.15) is 50.8 Å². The summed E-state index contributed by atoms with van der Waals surface area (Å²) < 4.78 is 17.5. The van der Waals surface area contributed by atoms with Crippen molar-refractivity contribution < 1.29 is 18.7 Å². The molecule has 1 atom stereocenters. The van der Waals surface area contributed by atoms with E-state index in [1.807, 2.05) is 12.1 Å². The normalized spacial score (nSPS) is 15.9. The number of carbonyl (C=O) groups excluding carboxylic acids is 1. The Kier molecular flexibility index (Phi) is 6.61. The fourth-order valence-corrected chi connectivity index (χ4v) is 9.32. The van der Waals surface area contributed by atoms with Crippen LogP contribution in [0, 0.1) is 0 Å². The number of carbonyl (C=O) groups is 1. The molecule has 1 aliphatic carbocycles. The molecule has 0 spiro atoms. The fourth-order valence-electron chi connectivity index (χ4n) is 4.91. The average Bonchev–Trinajstić information content (AvgIpc) is 2.83. The highest BCUT2D eigenvalue weighted by molar-refractivity contribution is 7.00. The first-order valence-corrected chi connectivity index (χ1v) is 13.4. The van der Waals surface area contributed by atoms with Crippen LogP contribution in [-0.2, 0) is 15.9 Å². The number of hydrogen-bond acceptors (Lipinski definition) is 4. The van der Waals surface area contributed by atoms with Gasteiger partial charge in [0.15, 0.2) is 0 Å². The summed E-state index contributed by atoms with van der Waals surface area (Å²) in [7, 11) is -1.39. The van der Waals surface area contributed by atoms with E-state index in [2.05, 4.69) is 87.5 Å². The van der Waals surface area contributed by atoms with E-state index in [-0.39, 0.29) is 11.1 Å². The van der Waals surface area contributed by atoms with E-state index >= 15 is 0 Å². The van der Waals surface area contributed by atoms with Crippen LogP contribution < -0.4 is 14.8 Å². The Morgan fingerprint density at radius 1 is 0.909 bits per heavy atom. The minimum Gasteiger partial charge on any atom is -0.534 e. The molecule has 33 heavy (non-hydrogen) atoms. The summed E-state index contributed by atoms with van der Waals surface area (Å²) in [5.41, 5.74) is 2.21. The second kappa shape index (κ2) is 9.44. The number of aryl methyl sites for hydroxylation is 1. The summed E-state index contributed by atoms with van der Waals surface area (Å²) in [6, 6.07) is 27.4. The molecule has 0 aliphatic heterocycles. The van der Waals surface area contributed by atoms with Crippen LogP contribution in [0.25, 0.3) is 0 Å². The molecule has 0 amide bonds. The van der Waals surface area contributed by atoms with Gasteiger partial charge < -0.3 is 13.9 Å². The van der Waals surface area contributed by atoms with Crippen molar-refractivity contribution in [3.05, 3.63) is 90.0 Å². The highest BCUT2D eigenvalue weighted by Crippen LogP contribution is 2.40. The van der Waals surface area contributed by atoms with Gasteiger partial charge in [0.2, 0.25) is 0 Å². The van der Waals surface area contributed by atoms with Gasteiger partial charge in [0.25, 0.3) is 0 Å². The van der Waals surface area contributed by atoms with Crippen LogP contribution in [0.3, 0.4) is 0 Å². The zero-order chi connectivity index (χ0) is 23.5. The molecule has 0 saturated heterocycles. The Hall–Kier alpha value is -3.05. The van der Waals surface area contributed by atoms with E-state index in [1.54, 1.807) is 0 Å².